The molecule has 2 rings (SSSR count). The van der Waals surface area contributed by atoms with Gasteiger partial charge < -0.3 is 10.0 Å². The molecule has 0 radical (unpaired) electrons. The number of carboxylic acid groups (broad SMARTS) is 1. The van der Waals surface area contributed by atoms with Crippen molar-refractivity contribution in [2.75, 3.05) is 18.0 Å². The van der Waals surface area contributed by atoms with Crippen molar-refractivity contribution in [3.8, 4) is 0 Å². The minimum absolute atomic E-state index is 0.545. The molecule has 1 aliphatic rings. The Hall–Kier alpha value is -1.65. The number of carbonyl (C=O) groups is 1. The van der Waals surface area contributed by atoms with Crippen LogP contribution in [0.25, 0.3) is 0 Å². The summed E-state index contributed by atoms with van der Waals surface area (Å²) in [7, 11) is 0. The van der Waals surface area contributed by atoms with Crippen LogP contribution in [-0.2, 0) is 11.2 Å². The molecule has 19 heavy (non-hydrogen) atoms. The Kier molecular flexibility index (Phi) is 4.02. The molecule has 1 fully saturated rings. The fraction of sp³-hybridized carbons (Fsp3) is 0.643. The standard InChI is InChI=1S/C14H21N3O2/c1-3-11-9-12(16-10-15-11)17-7-5-14(4-2,6-8-17)13(18)19/h9-10H,3-8H2,1-2H3,(H,18,19). The van der Waals surface area contributed by atoms with Gasteiger partial charge in [0.15, 0.2) is 0 Å². The van der Waals surface area contributed by atoms with Crippen molar-refractivity contribution in [1.29, 1.82) is 0 Å². The van der Waals surface area contributed by atoms with E-state index in [9.17, 15) is 9.90 Å². The lowest BCUT2D eigenvalue weighted by Gasteiger charge is -2.38. The molecule has 0 aliphatic carbocycles. The molecule has 5 heteroatoms. The van der Waals surface area contributed by atoms with Gasteiger partial charge in [0, 0.05) is 24.8 Å². The zero-order valence-corrected chi connectivity index (χ0v) is 11.6. The average molecular weight is 263 g/mol. The van der Waals surface area contributed by atoms with E-state index in [1.54, 1.807) is 6.33 Å². The Morgan fingerprint density at radius 1 is 1.37 bits per heavy atom. The van der Waals surface area contributed by atoms with Crippen molar-refractivity contribution in [2.24, 2.45) is 5.41 Å². The fourth-order valence-corrected chi connectivity index (χ4v) is 2.63. The third-order valence-corrected chi connectivity index (χ3v) is 4.25. The summed E-state index contributed by atoms with van der Waals surface area (Å²) >= 11 is 0. The molecule has 0 spiro atoms. The lowest BCUT2D eigenvalue weighted by Crippen LogP contribution is -2.44. The van der Waals surface area contributed by atoms with Gasteiger partial charge in [0.1, 0.15) is 12.1 Å². The van der Waals surface area contributed by atoms with E-state index < -0.39 is 11.4 Å². The number of aryl methyl sites for hydroxylation is 1. The van der Waals surface area contributed by atoms with Crippen LogP contribution in [0.1, 0.15) is 38.8 Å². The highest BCUT2D eigenvalue weighted by molar-refractivity contribution is 5.75. The SMILES string of the molecule is CCc1cc(N2CCC(CC)(C(=O)O)CC2)ncn1. The lowest BCUT2D eigenvalue weighted by atomic mass is 9.76. The molecule has 0 amide bonds. The van der Waals surface area contributed by atoms with Gasteiger partial charge in [-0.3, -0.25) is 4.79 Å². The number of aliphatic carboxylic acids is 1. The van der Waals surface area contributed by atoms with E-state index in [2.05, 4.69) is 21.8 Å². The third kappa shape index (κ3) is 2.69. The van der Waals surface area contributed by atoms with Gasteiger partial charge in [0.2, 0.25) is 0 Å². The van der Waals surface area contributed by atoms with E-state index in [1.807, 2.05) is 13.0 Å². The van der Waals surface area contributed by atoms with E-state index in [0.717, 1.165) is 31.0 Å². The number of carboxylic acids is 1. The second-order valence-electron chi connectivity index (χ2n) is 5.15. The quantitative estimate of drug-likeness (QED) is 0.901. The van der Waals surface area contributed by atoms with Crippen LogP contribution >= 0.6 is 0 Å². The van der Waals surface area contributed by atoms with E-state index in [-0.39, 0.29) is 0 Å². The number of hydrogen-bond donors (Lipinski definition) is 1. The predicted molar refractivity (Wildman–Crippen MR) is 73.2 cm³/mol. The van der Waals surface area contributed by atoms with Gasteiger partial charge >= 0.3 is 5.97 Å². The maximum atomic E-state index is 11.4. The molecule has 0 saturated carbocycles. The molecule has 1 aliphatic heterocycles. The first-order chi connectivity index (χ1) is 9.11. The molecule has 104 valence electrons. The molecule has 0 bridgehead atoms. The first kappa shape index (κ1) is 13.8. The monoisotopic (exact) mass is 263 g/mol. The normalized spacial score (nSPS) is 18.3. The van der Waals surface area contributed by atoms with Gasteiger partial charge in [-0.1, -0.05) is 13.8 Å². The van der Waals surface area contributed by atoms with Crippen molar-refractivity contribution < 1.29 is 9.90 Å². The number of anilines is 1. The second-order valence-corrected chi connectivity index (χ2v) is 5.15. The number of aromatic nitrogens is 2. The Labute approximate surface area is 113 Å². The summed E-state index contributed by atoms with van der Waals surface area (Å²) in [6, 6.07) is 2.00. The average Bonchev–Trinajstić information content (AvgIpc) is 2.47. The zero-order valence-electron chi connectivity index (χ0n) is 11.6. The predicted octanol–water partition coefficient (Wildman–Crippen LogP) is 2.12. The molecule has 5 nitrogen and oxygen atoms in total. The Bertz CT molecular complexity index is 454. The van der Waals surface area contributed by atoms with Crippen molar-refractivity contribution in [1.82, 2.24) is 9.97 Å². The van der Waals surface area contributed by atoms with Crippen LogP contribution in [-0.4, -0.2) is 34.1 Å². The highest BCUT2D eigenvalue weighted by Crippen LogP contribution is 2.36. The summed E-state index contributed by atoms with van der Waals surface area (Å²) in [6.45, 7) is 5.53. The molecule has 0 atom stereocenters. The molecule has 1 saturated heterocycles. The van der Waals surface area contributed by atoms with Crippen LogP contribution in [0.2, 0.25) is 0 Å². The number of piperidine rings is 1. The second kappa shape index (κ2) is 5.55. The van der Waals surface area contributed by atoms with Gasteiger partial charge in [-0.2, -0.15) is 0 Å². The molecule has 1 aromatic rings. The van der Waals surface area contributed by atoms with Crippen molar-refractivity contribution >= 4 is 11.8 Å². The topological polar surface area (TPSA) is 66.3 Å². The first-order valence-corrected chi connectivity index (χ1v) is 6.90. The van der Waals surface area contributed by atoms with Crippen LogP contribution in [0.15, 0.2) is 12.4 Å². The van der Waals surface area contributed by atoms with E-state index in [1.165, 1.54) is 0 Å². The maximum absolute atomic E-state index is 11.4. The smallest absolute Gasteiger partial charge is 0.309 e. The van der Waals surface area contributed by atoms with Gasteiger partial charge in [-0.15, -0.1) is 0 Å². The largest absolute Gasteiger partial charge is 0.481 e. The summed E-state index contributed by atoms with van der Waals surface area (Å²) in [6.07, 6.45) is 4.54. The van der Waals surface area contributed by atoms with Crippen molar-refractivity contribution in [3.63, 3.8) is 0 Å². The van der Waals surface area contributed by atoms with Gasteiger partial charge in [0.05, 0.1) is 5.41 Å². The molecule has 2 heterocycles. The summed E-state index contributed by atoms with van der Waals surface area (Å²) in [5.41, 5.74) is 0.479. The van der Waals surface area contributed by atoms with E-state index in [0.29, 0.717) is 19.3 Å². The lowest BCUT2D eigenvalue weighted by molar-refractivity contribution is -0.150. The minimum atomic E-state index is -0.661. The van der Waals surface area contributed by atoms with Gasteiger partial charge in [-0.25, -0.2) is 9.97 Å². The number of hydrogen-bond acceptors (Lipinski definition) is 4. The fourth-order valence-electron chi connectivity index (χ4n) is 2.63. The van der Waals surface area contributed by atoms with Crippen LogP contribution in [0.3, 0.4) is 0 Å². The van der Waals surface area contributed by atoms with Gasteiger partial charge in [0.25, 0.3) is 0 Å². The van der Waals surface area contributed by atoms with Gasteiger partial charge in [-0.05, 0) is 25.7 Å². The first-order valence-electron chi connectivity index (χ1n) is 6.90. The minimum Gasteiger partial charge on any atom is -0.481 e. The highest BCUT2D eigenvalue weighted by Gasteiger charge is 2.40. The molecule has 0 aromatic carbocycles. The molecular formula is C14H21N3O2. The molecule has 1 aromatic heterocycles. The summed E-state index contributed by atoms with van der Waals surface area (Å²) in [5, 5.41) is 9.38. The Morgan fingerprint density at radius 2 is 2.05 bits per heavy atom. The van der Waals surface area contributed by atoms with Crippen LogP contribution < -0.4 is 4.90 Å². The Morgan fingerprint density at radius 3 is 2.58 bits per heavy atom. The summed E-state index contributed by atoms with van der Waals surface area (Å²) in [4.78, 5) is 22.1. The number of rotatable bonds is 4. The summed E-state index contributed by atoms with van der Waals surface area (Å²) < 4.78 is 0. The number of nitrogens with zero attached hydrogens (tertiary/aromatic N) is 3. The molecular weight excluding hydrogens is 242 g/mol. The van der Waals surface area contributed by atoms with Crippen molar-refractivity contribution in [2.45, 2.75) is 39.5 Å². The summed E-state index contributed by atoms with van der Waals surface area (Å²) in [5.74, 6) is 0.258. The van der Waals surface area contributed by atoms with Crippen LogP contribution in [0.5, 0.6) is 0 Å². The highest BCUT2D eigenvalue weighted by atomic mass is 16.4. The van der Waals surface area contributed by atoms with E-state index >= 15 is 0 Å². The van der Waals surface area contributed by atoms with Crippen LogP contribution in [0.4, 0.5) is 5.82 Å². The third-order valence-electron chi connectivity index (χ3n) is 4.25. The van der Waals surface area contributed by atoms with E-state index in [4.69, 9.17) is 0 Å². The Balaban J connectivity index is 2.09. The van der Waals surface area contributed by atoms with Crippen molar-refractivity contribution in [3.05, 3.63) is 18.1 Å². The maximum Gasteiger partial charge on any atom is 0.309 e. The van der Waals surface area contributed by atoms with Crippen LogP contribution in [0, 0.1) is 5.41 Å². The molecule has 1 N–H and O–H groups in total. The zero-order chi connectivity index (χ0) is 13.9. The molecule has 0 unspecified atom stereocenters.